The Balaban J connectivity index is 1.35. The van der Waals surface area contributed by atoms with Crippen LogP contribution in [0.3, 0.4) is 0 Å². The molecular formula is C23H25N3O2S. The summed E-state index contributed by atoms with van der Waals surface area (Å²) in [5, 5.41) is 0.575. The van der Waals surface area contributed by atoms with Gasteiger partial charge in [0.25, 0.3) is 5.56 Å². The second-order valence-corrected chi connectivity index (χ2v) is 8.60. The topological polar surface area (TPSA) is 47.4 Å². The van der Waals surface area contributed by atoms with Crippen LogP contribution in [0.4, 0.5) is 0 Å². The Morgan fingerprint density at radius 2 is 1.76 bits per heavy atom. The molecule has 1 aromatic heterocycles. The first-order chi connectivity index (χ1) is 14.1. The molecular weight excluding hydrogens is 382 g/mol. The summed E-state index contributed by atoms with van der Waals surface area (Å²) in [6.07, 6.45) is 5.17. The van der Waals surface area contributed by atoms with E-state index in [2.05, 4.69) is 22.5 Å². The minimum atomic E-state index is -0.0792. The number of fused-ring (bicyclic) bond motifs is 1. The van der Waals surface area contributed by atoms with Crippen LogP contribution in [0.1, 0.15) is 31.5 Å². The van der Waals surface area contributed by atoms with Gasteiger partial charge in [0.1, 0.15) is 17.7 Å². The van der Waals surface area contributed by atoms with Gasteiger partial charge in [-0.1, -0.05) is 0 Å². The lowest BCUT2D eigenvalue weighted by atomic mass is 10.1. The van der Waals surface area contributed by atoms with Gasteiger partial charge >= 0.3 is 0 Å². The highest BCUT2D eigenvalue weighted by Gasteiger charge is 2.32. The summed E-state index contributed by atoms with van der Waals surface area (Å²) in [5.74, 6) is 1.52. The largest absolute Gasteiger partial charge is 0.490 e. The highest BCUT2D eigenvalue weighted by molar-refractivity contribution is 7.80. The second-order valence-electron chi connectivity index (χ2n) is 8.08. The number of piperidine rings is 1. The lowest BCUT2D eigenvalue weighted by molar-refractivity contribution is 0.0965. The molecule has 29 heavy (non-hydrogen) atoms. The van der Waals surface area contributed by atoms with E-state index in [0.717, 1.165) is 48.3 Å². The van der Waals surface area contributed by atoms with Crippen molar-refractivity contribution in [3.63, 3.8) is 0 Å². The lowest BCUT2D eigenvalue weighted by Crippen LogP contribution is -2.39. The van der Waals surface area contributed by atoms with Gasteiger partial charge in [-0.25, -0.2) is 4.98 Å². The number of likely N-dealkylation sites (tertiary alicyclic amines) is 1. The van der Waals surface area contributed by atoms with Gasteiger partial charge in [0.15, 0.2) is 0 Å². The van der Waals surface area contributed by atoms with Crippen molar-refractivity contribution in [2.75, 3.05) is 13.1 Å². The third-order valence-electron chi connectivity index (χ3n) is 5.96. The molecule has 1 aliphatic heterocycles. The number of nitrogens with zero attached hydrogens (tertiary/aromatic N) is 3. The van der Waals surface area contributed by atoms with Gasteiger partial charge < -0.3 is 9.64 Å². The molecule has 0 atom stereocenters. The summed E-state index contributed by atoms with van der Waals surface area (Å²) >= 11 is 4.36. The van der Waals surface area contributed by atoms with Crippen molar-refractivity contribution in [1.29, 1.82) is 0 Å². The van der Waals surface area contributed by atoms with Crippen LogP contribution >= 0.6 is 12.6 Å². The van der Waals surface area contributed by atoms with Crippen LogP contribution in [0.2, 0.25) is 0 Å². The van der Waals surface area contributed by atoms with E-state index in [9.17, 15) is 4.79 Å². The molecule has 5 rings (SSSR count). The van der Waals surface area contributed by atoms with Crippen LogP contribution in [0, 0.1) is 6.92 Å². The number of rotatable bonds is 4. The van der Waals surface area contributed by atoms with Gasteiger partial charge in [0.2, 0.25) is 0 Å². The number of ether oxygens (including phenoxy) is 1. The van der Waals surface area contributed by atoms with Gasteiger partial charge in [0.05, 0.1) is 16.6 Å². The first kappa shape index (κ1) is 18.7. The number of benzene rings is 2. The molecule has 2 aliphatic rings. The molecule has 150 valence electrons. The summed E-state index contributed by atoms with van der Waals surface area (Å²) in [6.45, 7) is 4.13. The van der Waals surface area contributed by atoms with E-state index >= 15 is 0 Å². The fourth-order valence-corrected chi connectivity index (χ4v) is 4.46. The quantitative estimate of drug-likeness (QED) is 0.665. The van der Waals surface area contributed by atoms with Crippen LogP contribution < -0.4 is 10.3 Å². The van der Waals surface area contributed by atoms with Gasteiger partial charge in [-0.15, -0.1) is 12.6 Å². The average Bonchev–Trinajstić information content (AvgIpc) is 3.56. The third kappa shape index (κ3) is 3.79. The van der Waals surface area contributed by atoms with E-state index in [1.165, 1.54) is 12.8 Å². The number of aryl methyl sites for hydroxylation is 1. The van der Waals surface area contributed by atoms with Crippen molar-refractivity contribution in [3.05, 3.63) is 58.6 Å². The minimum Gasteiger partial charge on any atom is -0.490 e. The normalized spacial score (nSPS) is 18.3. The summed E-state index contributed by atoms with van der Waals surface area (Å²) in [6, 6.07) is 14.1. The van der Waals surface area contributed by atoms with Gasteiger partial charge in [0, 0.05) is 24.0 Å². The molecule has 2 aromatic carbocycles. The maximum Gasteiger partial charge on any atom is 0.265 e. The molecule has 6 heteroatoms. The Labute approximate surface area is 175 Å². The van der Waals surface area contributed by atoms with Gasteiger partial charge in [-0.05, 0) is 75.1 Å². The van der Waals surface area contributed by atoms with Crippen LogP contribution in [0.5, 0.6) is 5.75 Å². The number of hydrogen-bond acceptors (Lipinski definition) is 5. The highest BCUT2D eigenvalue weighted by Crippen LogP contribution is 2.30. The molecule has 3 aromatic rings. The van der Waals surface area contributed by atoms with Crippen LogP contribution in [-0.2, 0) is 0 Å². The zero-order chi connectivity index (χ0) is 20.0. The second kappa shape index (κ2) is 7.50. The fourth-order valence-electron chi connectivity index (χ4n) is 4.25. The maximum absolute atomic E-state index is 13.0. The molecule has 1 saturated carbocycles. The van der Waals surface area contributed by atoms with Crippen LogP contribution in [0.15, 0.2) is 52.2 Å². The smallest absolute Gasteiger partial charge is 0.265 e. The van der Waals surface area contributed by atoms with Crippen molar-refractivity contribution < 1.29 is 4.74 Å². The van der Waals surface area contributed by atoms with E-state index < -0.39 is 0 Å². The van der Waals surface area contributed by atoms with Crippen molar-refractivity contribution in [2.24, 2.45) is 0 Å². The van der Waals surface area contributed by atoms with Crippen LogP contribution in [-0.4, -0.2) is 39.7 Å². The first-order valence-electron chi connectivity index (χ1n) is 10.3. The summed E-state index contributed by atoms with van der Waals surface area (Å²) in [4.78, 5) is 21.0. The van der Waals surface area contributed by atoms with Gasteiger partial charge in [-0.3, -0.25) is 9.36 Å². The molecule has 0 unspecified atom stereocenters. The molecule has 0 amide bonds. The Kier molecular flexibility index (Phi) is 4.84. The highest BCUT2D eigenvalue weighted by atomic mass is 32.1. The molecule has 0 bridgehead atoms. The molecule has 1 saturated heterocycles. The van der Waals surface area contributed by atoms with Gasteiger partial charge in [-0.2, -0.15) is 0 Å². The molecule has 1 aliphatic carbocycles. The number of aromatic nitrogens is 2. The Bertz CT molecular complexity index is 1100. The van der Waals surface area contributed by atoms with E-state index in [0.29, 0.717) is 16.7 Å². The van der Waals surface area contributed by atoms with Crippen LogP contribution in [0.25, 0.3) is 16.6 Å². The standard InChI is InChI=1S/C23H25N3O2S/c1-15-24-22-9-8-20(29)14-21(22)23(27)26(15)17-4-6-18(7-5-17)28-19-10-12-25(13-11-19)16-2-3-16/h4-9,14,16,19,29H,2-3,10-13H2,1H3. The molecule has 2 heterocycles. The monoisotopic (exact) mass is 407 g/mol. The van der Waals surface area contributed by atoms with Crippen molar-refractivity contribution >= 4 is 23.5 Å². The molecule has 5 nitrogen and oxygen atoms in total. The summed E-state index contributed by atoms with van der Waals surface area (Å²) in [5.41, 5.74) is 1.41. The molecule has 0 N–H and O–H groups in total. The minimum absolute atomic E-state index is 0.0792. The zero-order valence-electron chi connectivity index (χ0n) is 16.5. The summed E-state index contributed by atoms with van der Waals surface area (Å²) in [7, 11) is 0. The Morgan fingerprint density at radius 3 is 2.45 bits per heavy atom. The van der Waals surface area contributed by atoms with E-state index in [1.54, 1.807) is 10.6 Å². The van der Waals surface area contributed by atoms with Crippen molar-refractivity contribution in [1.82, 2.24) is 14.5 Å². The lowest BCUT2D eigenvalue weighted by Gasteiger charge is -2.32. The number of hydrogen-bond donors (Lipinski definition) is 1. The maximum atomic E-state index is 13.0. The molecule has 0 spiro atoms. The van der Waals surface area contributed by atoms with Crippen molar-refractivity contribution in [3.8, 4) is 11.4 Å². The van der Waals surface area contributed by atoms with E-state index in [4.69, 9.17) is 4.74 Å². The van der Waals surface area contributed by atoms with E-state index in [-0.39, 0.29) is 11.7 Å². The zero-order valence-corrected chi connectivity index (χ0v) is 17.4. The SMILES string of the molecule is Cc1nc2ccc(S)cc2c(=O)n1-c1ccc(OC2CCN(C3CC3)CC2)cc1. The Morgan fingerprint density at radius 1 is 1.03 bits per heavy atom. The van der Waals surface area contributed by atoms with E-state index in [1.807, 2.05) is 43.3 Å². The average molecular weight is 408 g/mol. The third-order valence-corrected chi connectivity index (χ3v) is 6.24. The predicted octanol–water partition coefficient (Wildman–Crippen LogP) is 3.99. The Hall–Kier alpha value is -2.31. The summed E-state index contributed by atoms with van der Waals surface area (Å²) < 4.78 is 7.85. The predicted molar refractivity (Wildman–Crippen MR) is 118 cm³/mol. The first-order valence-corrected chi connectivity index (χ1v) is 10.8. The molecule has 0 radical (unpaired) electrons. The fraction of sp³-hybridized carbons (Fsp3) is 0.391. The van der Waals surface area contributed by atoms with Crippen molar-refractivity contribution in [2.45, 2.75) is 49.6 Å². The molecule has 2 fully saturated rings. The number of thiol groups is 1.